The molecule has 1 aliphatic heterocycles. The first-order valence-electron chi connectivity index (χ1n) is 27.3. The summed E-state index contributed by atoms with van der Waals surface area (Å²) in [6.45, 7) is 23.6. The molecule has 82 heavy (non-hydrogen) atoms. The Kier molecular flexibility index (Phi) is 18.6. The van der Waals surface area contributed by atoms with Gasteiger partial charge in [0.1, 0.15) is 58.8 Å². The summed E-state index contributed by atoms with van der Waals surface area (Å²) in [5.74, 6) is -0.567. The topological polar surface area (TPSA) is 227 Å². The maximum atomic E-state index is 13.4. The van der Waals surface area contributed by atoms with E-state index in [-0.39, 0.29) is 42.9 Å². The van der Waals surface area contributed by atoms with E-state index < -0.39 is 40.4 Å². The molecule has 0 unspecified atom stereocenters. The second kappa shape index (κ2) is 24.9. The van der Waals surface area contributed by atoms with Crippen LogP contribution in [0.3, 0.4) is 0 Å². The molecule has 6 aromatic heterocycles. The summed E-state index contributed by atoms with van der Waals surface area (Å²) in [6.07, 6.45) is 7.04. The van der Waals surface area contributed by atoms with Gasteiger partial charge >= 0.3 is 13.2 Å². The minimum Gasteiger partial charge on any atom is -0.435 e. The van der Waals surface area contributed by atoms with Gasteiger partial charge in [-0.3, -0.25) is 24.3 Å². The second-order valence-electron chi connectivity index (χ2n) is 25.0. The number of H-pyrrole nitrogens is 1. The highest BCUT2D eigenvalue weighted by molar-refractivity contribution is 6.76. The van der Waals surface area contributed by atoms with E-state index in [1.165, 1.54) is 24.3 Å². The van der Waals surface area contributed by atoms with E-state index in [2.05, 4.69) is 74.7 Å². The van der Waals surface area contributed by atoms with E-state index in [1.807, 2.05) is 46.2 Å². The molecule has 0 aliphatic carbocycles. The van der Waals surface area contributed by atoms with Gasteiger partial charge in [-0.2, -0.15) is 27.8 Å². The number of alkyl halides is 4. The summed E-state index contributed by atoms with van der Waals surface area (Å²) >= 11 is 0. The van der Waals surface area contributed by atoms with Gasteiger partial charge < -0.3 is 43.8 Å². The van der Waals surface area contributed by atoms with E-state index in [9.17, 15) is 32.3 Å². The van der Waals surface area contributed by atoms with E-state index in [0.717, 1.165) is 30.6 Å². The quantitative estimate of drug-likeness (QED) is 0.0281. The molecule has 2 aromatic carbocycles. The van der Waals surface area contributed by atoms with Crippen LogP contribution in [0.4, 0.5) is 17.6 Å². The van der Waals surface area contributed by atoms with Crippen LogP contribution in [0.15, 0.2) is 61.2 Å². The summed E-state index contributed by atoms with van der Waals surface area (Å²) in [7, 11) is -2.53. The molecule has 26 heteroatoms. The van der Waals surface area contributed by atoms with Gasteiger partial charge in [0.15, 0.2) is 11.3 Å². The smallest absolute Gasteiger partial charge is 0.387 e. The average molecular weight is 1170 g/mol. The highest BCUT2D eigenvalue weighted by atomic mass is 28.3. The Morgan fingerprint density at radius 2 is 1.20 bits per heavy atom. The molecule has 1 fully saturated rings. The number of likely N-dealkylation sites (tertiary alicyclic amines) is 1. The van der Waals surface area contributed by atoms with Crippen molar-refractivity contribution in [2.24, 2.45) is 0 Å². The van der Waals surface area contributed by atoms with Gasteiger partial charge in [0.05, 0.1) is 40.7 Å². The van der Waals surface area contributed by atoms with Crippen LogP contribution in [0.5, 0.6) is 11.5 Å². The van der Waals surface area contributed by atoms with Crippen molar-refractivity contribution < 1.29 is 51.2 Å². The summed E-state index contributed by atoms with van der Waals surface area (Å²) in [5, 5.41) is 28.7. The van der Waals surface area contributed by atoms with Gasteiger partial charge in [0.2, 0.25) is 0 Å². The number of nitrogens with zero attached hydrogens (tertiary/aromatic N) is 10. The molecule has 20 nitrogen and oxygen atoms in total. The SMILES string of the molecule is CC(C)(C)NC(=O)c1cn(COCC[Si](C)(C)C)c2ncc(-c3n[nH]c4ccc(OC(F)F)cc34)nc12.CC(C)(C)NC(=O)c1cn(COCC[Si](C)(C)C)c2ncc(-c3nn(CCCN4CC(O)C4)c4ccc(OC(F)F)cc34)nc12. The molecule has 442 valence electrons. The number of carbonyl (C=O) groups is 2. The molecule has 0 radical (unpaired) electrons. The van der Waals surface area contributed by atoms with Crippen LogP contribution < -0.4 is 20.1 Å². The van der Waals surface area contributed by atoms with Crippen molar-refractivity contribution in [3.63, 3.8) is 0 Å². The van der Waals surface area contributed by atoms with E-state index in [0.29, 0.717) is 105 Å². The van der Waals surface area contributed by atoms with E-state index in [4.69, 9.17) is 34.3 Å². The van der Waals surface area contributed by atoms with Crippen LogP contribution >= 0.6 is 0 Å². The van der Waals surface area contributed by atoms with Gasteiger partial charge in [-0.25, -0.2) is 19.9 Å². The Labute approximate surface area is 475 Å². The van der Waals surface area contributed by atoms with Crippen LogP contribution in [0.25, 0.3) is 66.9 Å². The van der Waals surface area contributed by atoms with Crippen molar-refractivity contribution in [1.82, 2.24) is 64.6 Å². The third-order valence-corrected chi connectivity index (χ3v) is 16.4. The maximum absolute atomic E-state index is 13.4. The Balaban J connectivity index is 0.000000219. The predicted octanol–water partition coefficient (Wildman–Crippen LogP) is 10.4. The Morgan fingerprint density at radius 1 is 0.707 bits per heavy atom. The molecular formula is C56H75F4N13O7Si2. The summed E-state index contributed by atoms with van der Waals surface area (Å²) in [5.41, 5.74) is 4.54. The monoisotopic (exact) mass is 1170 g/mol. The maximum Gasteiger partial charge on any atom is 0.387 e. The number of carbonyl (C=O) groups excluding carboxylic acids is 2. The molecule has 0 atom stereocenters. The molecule has 9 rings (SSSR count). The number of benzene rings is 2. The van der Waals surface area contributed by atoms with Crippen LogP contribution in [0, 0.1) is 0 Å². The van der Waals surface area contributed by atoms with Gasteiger partial charge in [0.25, 0.3) is 11.8 Å². The Bertz CT molecular complexity index is 3540. The number of aromatic nitrogens is 10. The zero-order valence-corrected chi connectivity index (χ0v) is 50.7. The molecule has 1 aliphatic rings. The Morgan fingerprint density at radius 3 is 1.67 bits per heavy atom. The van der Waals surface area contributed by atoms with E-state index >= 15 is 0 Å². The number of aryl methyl sites for hydroxylation is 1. The number of amides is 2. The highest BCUT2D eigenvalue weighted by Crippen LogP contribution is 2.34. The van der Waals surface area contributed by atoms with Crippen molar-refractivity contribution in [3.8, 4) is 34.3 Å². The lowest BCUT2D eigenvalue weighted by molar-refractivity contribution is -0.0504. The number of rotatable bonds is 22. The first-order valence-corrected chi connectivity index (χ1v) is 34.7. The minimum absolute atomic E-state index is 0.00560. The summed E-state index contributed by atoms with van der Waals surface area (Å²) < 4.78 is 78.2. The standard InChI is InChI=1S/C31H43F2N7O4Si.C25H32F2N6O3Si/c1-31(2,3)36-29(42)23-18-39(19-43-12-13-45(4,5)6)28-27(23)35-24(15-34-28)26-22-14-21(44-30(32)33)8-9-25(22)40(37-26)11-7-10-38-16-20(41)17-38;1-25(2,3)30-23(34)17-13-33(14-35-9-10-37(4,5)6)22-21(17)29-19(12-28-22)20-16-11-15(36-24(26)27)7-8-18(16)31-32-20/h8-9,14-15,18,20,30,41H,7,10-13,16-17,19H2,1-6H3,(H,36,42);7-8,11-13,24H,9-10,14H2,1-6H3,(H,30,34)(H,31,32). The number of ether oxygens (including phenoxy) is 4. The van der Waals surface area contributed by atoms with Crippen molar-refractivity contribution >= 4 is 72.1 Å². The largest absolute Gasteiger partial charge is 0.435 e. The lowest BCUT2D eigenvalue weighted by Gasteiger charge is -2.35. The highest BCUT2D eigenvalue weighted by Gasteiger charge is 2.28. The zero-order chi connectivity index (χ0) is 59.5. The Hall–Kier alpha value is -6.85. The van der Waals surface area contributed by atoms with Crippen molar-refractivity contribution in [1.29, 1.82) is 0 Å². The van der Waals surface area contributed by atoms with Gasteiger partial charge in [0, 0.05) is 89.8 Å². The van der Waals surface area contributed by atoms with Crippen LogP contribution in [-0.2, 0) is 29.5 Å². The number of aromatic amines is 1. The number of hydrogen-bond acceptors (Lipinski definition) is 14. The number of aliphatic hydroxyl groups excluding tert-OH is 1. The molecule has 0 spiro atoms. The fourth-order valence-electron chi connectivity index (χ4n) is 8.99. The number of β-amino-alcohol motifs (C(OH)–C–C–N with tert-alkyl or cyclic N) is 1. The third-order valence-electron chi connectivity index (χ3n) is 13.0. The fraction of sp³-hybridized carbons (Fsp3) is 0.500. The van der Waals surface area contributed by atoms with Gasteiger partial charge in [-0.05, 0) is 96.4 Å². The molecule has 1 saturated heterocycles. The zero-order valence-electron chi connectivity index (χ0n) is 48.7. The normalized spacial score (nSPS) is 13.8. The number of fused-ring (bicyclic) bond motifs is 4. The molecule has 0 bridgehead atoms. The van der Waals surface area contributed by atoms with Gasteiger partial charge in [-0.15, -0.1) is 0 Å². The van der Waals surface area contributed by atoms with Crippen LogP contribution in [0.1, 0.15) is 68.7 Å². The average Bonchev–Trinajstić information content (AvgIpc) is 4.36. The first kappa shape index (κ1) is 61.2. The van der Waals surface area contributed by atoms with Crippen molar-refractivity contribution in [2.75, 3.05) is 32.8 Å². The predicted molar refractivity (Wildman–Crippen MR) is 312 cm³/mol. The van der Waals surface area contributed by atoms with Crippen molar-refractivity contribution in [3.05, 3.63) is 72.3 Å². The molecule has 4 N–H and O–H groups in total. The molecule has 0 saturated carbocycles. The number of nitrogens with one attached hydrogen (secondary N) is 3. The van der Waals surface area contributed by atoms with E-state index in [1.54, 1.807) is 46.1 Å². The number of aliphatic hydroxyl groups is 1. The van der Waals surface area contributed by atoms with Gasteiger partial charge in [-0.1, -0.05) is 39.3 Å². The van der Waals surface area contributed by atoms with Crippen LogP contribution in [-0.4, -0.2) is 150 Å². The van der Waals surface area contributed by atoms with Crippen molar-refractivity contribution in [2.45, 2.75) is 150 Å². The van der Waals surface area contributed by atoms with Crippen LogP contribution in [0.2, 0.25) is 51.4 Å². The lowest BCUT2D eigenvalue weighted by atomic mass is 10.1. The minimum atomic E-state index is -2.97. The molecule has 8 aromatic rings. The molecule has 7 heterocycles. The molecular weight excluding hydrogens is 1100 g/mol. The third kappa shape index (κ3) is 16.0. The first-order chi connectivity index (χ1) is 38.5. The fourth-order valence-corrected chi connectivity index (χ4v) is 10.5. The number of halogens is 4. The summed E-state index contributed by atoms with van der Waals surface area (Å²) in [4.78, 5) is 47.7. The second-order valence-corrected chi connectivity index (χ2v) is 36.3. The summed E-state index contributed by atoms with van der Waals surface area (Å²) in [6, 6.07) is 11.3. The number of hydrogen-bond donors (Lipinski definition) is 4. The lowest BCUT2D eigenvalue weighted by Crippen LogP contribution is -2.50. The molecule has 2 amide bonds.